The van der Waals surface area contributed by atoms with Gasteiger partial charge in [-0.3, -0.25) is 15.0 Å². The molecule has 8 heteroatoms. The lowest BCUT2D eigenvalue weighted by atomic mass is 9.90. The first-order valence-corrected chi connectivity index (χ1v) is 11.4. The van der Waals surface area contributed by atoms with Gasteiger partial charge in [0, 0.05) is 30.4 Å². The number of hydrogen-bond donors (Lipinski definition) is 3. The predicted molar refractivity (Wildman–Crippen MR) is 114 cm³/mol. The van der Waals surface area contributed by atoms with Gasteiger partial charge in [-0.1, -0.05) is 20.8 Å². The molecule has 1 aliphatic heterocycles. The number of amides is 4. The van der Waals surface area contributed by atoms with Gasteiger partial charge in [-0.15, -0.1) is 11.3 Å². The SMILES string of the molecule is CC(C)CNC(=O)C1CCN(C(=O)NNC(=O)c2cc3c(s2)CCC(C)C3)CC1. The Labute approximate surface area is 176 Å². The van der Waals surface area contributed by atoms with Crippen LogP contribution in [0, 0.1) is 17.8 Å². The van der Waals surface area contributed by atoms with E-state index < -0.39 is 0 Å². The molecule has 0 bridgehead atoms. The number of thiophene rings is 1. The van der Waals surface area contributed by atoms with Gasteiger partial charge in [-0.05, 0) is 55.6 Å². The number of piperidine rings is 1. The lowest BCUT2D eigenvalue weighted by Crippen LogP contribution is -2.52. The number of hydrogen-bond acceptors (Lipinski definition) is 4. The highest BCUT2D eigenvalue weighted by Gasteiger charge is 2.28. The normalized spacial score (nSPS) is 19.6. The molecular formula is C21H32N4O3S. The van der Waals surface area contributed by atoms with Gasteiger partial charge in [-0.25, -0.2) is 10.2 Å². The number of carbonyl (C=O) groups is 3. The van der Waals surface area contributed by atoms with Crippen molar-refractivity contribution in [2.24, 2.45) is 17.8 Å². The van der Waals surface area contributed by atoms with E-state index in [1.54, 1.807) is 4.90 Å². The molecule has 0 radical (unpaired) electrons. The van der Waals surface area contributed by atoms with E-state index in [0.29, 0.717) is 49.2 Å². The van der Waals surface area contributed by atoms with Crippen LogP contribution < -0.4 is 16.2 Å². The smallest absolute Gasteiger partial charge is 0.336 e. The predicted octanol–water partition coefficient (Wildman–Crippen LogP) is 2.71. The standard InChI is InChI=1S/C21H32N4O3S/c1-13(2)12-22-19(26)15-6-8-25(9-7-15)21(28)24-23-20(27)18-11-16-10-14(3)4-5-17(16)29-18/h11,13-15H,4-10,12H2,1-3H3,(H,22,26)(H,23,27)(H,24,28). The van der Waals surface area contributed by atoms with Crippen LogP contribution >= 0.6 is 11.3 Å². The molecule has 1 unspecified atom stereocenters. The van der Waals surface area contributed by atoms with Crippen LogP contribution in [0.4, 0.5) is 4.79 Å². The summed E-state index contributed by atoms with van der Waals surface area (Å²) in [4.78, 5) is 40.5. The summed E-state index contributed by atoms with van der Waals surface area (Å²) in [5, 5.41) is 2.96. The molecule has 0 saturated carbocycles. The zero-order chi connectivity index (χ0) is 21.0. The summed E-state index contributed by atoms with van der Waals surface area (Å²) in [5.74, 6) is 0.831. The summed E-state index contributed by atoms with van der Waals surface area (Å²) in [6.45, 7) is 8.05. The van der Waals surface area contributed by atoms with Crippen molar-refractivity contribution in [2.75, 3.05) is 19.6 Å². The Hall–Kier alpha value is -2.09. The molecule has 1 fully saturated rings. The average molecular weight is 421 g/mol. The van der Waals surface area contributed by atoms with Gasteiger partial charge in [0.1, 0.15) is 0 Å². The van der Waals surface area contributed by atoms with Crippen molar-refractivity contribution in [3.05, 3.63) is 21.4 Å². The van der Waals surface area contributed by atoms with Gasteiger partial charge in [0.25, 0.3) is 5.91 Å². The molecule has 29 heavy (non-hydrogen) atoms. The van der Waals surface area contributed by atoms with Crippen LogP contribution in [0.25, 0.3) is 0 Å². The van der Waals surface area contributed by atoms with E-state index in [9.17, 15) is 14.4 Å². The number of aryl methyl sites for hydroxylation is 1. The Kier molecular flexibility index (Phi) is 7.16. The van der Waals surface area contributed by atoms with Crippen LogP contribution in [0.3, 0.4) is 0 Å². The molecule has 2 aliphatic rings. The number of rotatable bonds is 4. The maximum atomic E-state index is 12.4. The molecule has 1 aliphatic carbocycles. The first-order valence-electron chi connectivity index (χ1n) is 10.6. The lowest BCUT2D eigenvalue weighted by Gasteiger charge is -2.31. The fourth-order valence-corrected chi connectivity index (χ4v) is 4.97. The van der Waals surface area contributed by atoms with Crippen LogP contribution in [0.5, 0.6) is 0 Å². The molecular weight excluding hydrogens is 388 g/mol. The third-order valence-electron chi connectivity index (χ3n) is 5.67. The number of urea groups is 1. The van der Waals surface area contributed by atoms with E-state index in [1.807, 2.05) is 6.07 Å². The molecule has 0 aromatic carbocycles. The summed E-state index contributed by atoms with van der Waals surface area (Å²) in [6.07, 6.45) is 4.49. The van der Waals surface area contributed by atoms with E-state index in [0.717, 1.165) is 19.3 Å². The van der Waals surface area contributed by atoms with Gasteiger partial charge in [0.05, 0.1) is 4.88 Å². The summed E-state index contributed by atoms with van der Waals surface area (Å²) in [7, 11) is 0. The van der Waals surface area contributed by atoms with E-state index in [1.165, 1.54) is 21.8 Å². The zero-order valence-electron chi connectivity index (χ0n) is 17.5. The number of nitrogens with one attached hydrogen (secondary N) is 3. The maximum absolute atomic E-state index is 12.4. The number of likely N-dealkylation sites (tertiary alicyclic amines) is 1. The second-order valence-corrected chi connectivity index (χ2v) is 9.83. The highest BCUT2D eigenvalue weighted by Crippen LogP contribution is 2.32. The van der Waals surface area contributed by atoms with E-state index >= 15 is 0 Å². The summed E-state index contributed by atoms with van der Waals surface area (Å²) in [6, 6.07) is 1.63. The average Bonchev–Trinajstić information content (AvgIpc) is 3.13. The minimum atomic E-state index is -0.325. The second-order valence-electron chi connectivity index (χ2n) is 8.69. The quantitative estimate of drug-likeness (QED) is 0.654. The van der Waals surface area contributed by atoms with E-state index in [-0.39, 0.29) is 23.8 Å². The first-order chi connectivity index (χ1) is 13.8. The molecule has 0 spiro atoms. The van der Waals surface area contributed by atoms with Gasteiger partial charge in [0.15, 0.2) is 0 Å². The fourth-order valence-electron chi connectivity index (χ4n) is 3.86. The van der Waals surface area contributed by atoms with E-state index in [4.69, 9.17) is 0 Å². The molecule has 1 saturated heterocycles. The first kappa shape index (κ1) is 21.6. The molecule has 3 N–H and O–H groups in total. The van der Waals surface area contributed by atoms with E-state index in [2.05, 4.69) is 36.9 Å². The molecule has 1 aromatic heterocycles. The minimum Gasteiger partial charge on any atom is -0.356 e. The number of hydrazine groups is 1. The van der Waals surface area contributed by atoms with Gasteiger partial charge in [-0.2, -0.15) is 0 Å². The third kappa shape index (κ3) is 5.72. The van der Waals surface area contributed by atoms with Crippen molar-refractivity contribution in [3.63, 3.8) is 0 Å². The maximum Gasteiger partial charge on any atom is 0.336 e. The van der Waals surface area contributed by atoms with Crippen molar-refractivity contribution in [2.45, 2.75) is 52.9 Å². The largest absolute Gasteiger partial charge is 0.356 e. The lowest BCUT2D eigenvalue weighted by molar-refractivity contribution is -0.126. The third-order valence-corrected chi connectivity index (χ3v) is 6.91. The zero-order valence-corrected chi connectivity index (χ0v) is 18.4. The molecule has 2 heterocycles. The van der Waals surface area contributed by atoms with Crippen molar-refractivity contribution in [3.8, 4) is 0 Å². The molecule has 7 nitrogen and oxygen atoms in total. The molecule has 4 amide bonds. The van der Waals surface area contributed by atoms with Crippen LogP contribution in [0.2, 0.25) is 0 Å². The van der Waals surface area contributed by atoms with Crippen molar-refractivity contribution in [1.29, 1.82) is 0 Å². The Bertz CT molecular complexity index is 753. The number of carbonyl (C=O) groups excluding carboxylic acids is 3. The second kappa shape index (κ2) is 9.61. The molecule has 3 rings (SSSR count). The van der Waals surface area contributed by atoms with Crippen molar-refractivity contribution in [1.82, 2.24) is 21.1 Å². The number of fused-ring (bicyclic) bond motifs is 1. The van der Waals surface area contributed by atoms with Gasteiger partial charge >= 0.3 is 6.03 Å². The van der Waals surface area contributed by atoms with Crippen LogP contribution in [0.1, 0.15) is 60.1 Å². The molecule has 1 aromatic rings. The minimum absolute atomic E-state index is 0.0489. The Balaban J connectivity index is 1.42. The Morgan fingerprint density at radius 2 is 1.90 bits per heavy atom. The number of nitrogens with zero attached hydrogens (tertiary/aromatic N) is 1. The van der Waals surface area contributed by atoms with Crippen LogP contribution in [-0.4, -0.2) is 42.4 Å². The Morgan fingerprint density at radius 1 is 1.17 bits per heavy atom. The topological polar surface area (TPSA) is 90.5 Å². The highest BCUT2D eigenvalue weighted by atomic mass is 32.1. The van der Waals surface area contributed by atoms with Crippen LogP contribution in [-0.2, 0) is 17.6 Å². The molecule has 1 atom stereocenters. The van der Waals surface area contributed by atoms with Crippen LogP contribution in [0.15, 0.2) is 6.07 Å². The van der Waals surface area contributed by atoms with Crippen molar-refractivity contribution >= 4 is 29.2 Å². The van der Waals surface area contributed by atoms with Crippen molar-refractivity contribution < 1.29 is 14.4 Å². The monoisotopic (exact) mass is 420 g/mol. The highest BCUT2D eigenvalue weighted by molar-refractivity contribution is 7.14. The summed E-state index contributed by atoms with van der Waals surface area (Å²) >= 11 is 1.52. The Morgan fingerprint density at radius 3 is 2.59 bits per heavy atom. The van der Waals surface area contributed by atoms with Gasteiger partial charge in [0.2, 0.25) is 5.91 Å². The summed E-state index contributed by atoms with van der Waals surface area (Å²) < 4.78 is 0. The summed E-state index contributed by atoms with van der Waals surface area (Å²) in [5.41, 5.74) is 6.32. The molecule has 160 valence electrons. The fraction of sp³-hybridized carbons (Fsp3) is 0.667. The van der Waals surface area contributed by atoms with Gasteiger partial charge < -0.3 is 10.2 Å².